The Labute approximate surface area is 105 Å². The van der Waals surface area contributed by atoms with Gasteiger partial charge in [-0.1, -0.05) is 6.08 Å². The van der Waals surface area contributed by atoms with Crippen LogP contribution in [0.3, 0.4) is 0 Å². The number of aliphatic hydroxyl groups is 2. The molecule has 0 aliphatic heterocycles. The van der Waals surface area contributed by atoms with Gasteiger partial charge in [0.25, 0.3) is 0 Å². The number of furan rings is 2. The molecule has 2 aromatic heterocycles. The quantitative estimate of drug-likeness (QED) is 0.798. The highest BCUT2D eigenvalue weighted by molar-refractivity contribution is 5.20. The van der Waals surface area contributed by atoms with E-state index < -0.39 is 12.2 Å². The second-order valence-electron chi connectivity index (χ2n) is 4.18. The predicted octanol–water partition coefficient (Wildman–Crippen LogP) is 2.68. The molecule has 18 heavy (non-hydrogen) atoms. The van der Waals surface area contributed by atoms with Crippen LogP contribution in [0.1, 0.15) is 35.1 Å². The van der Waals surface area contributed by atoms with Gasteiger partial charge in [0.15, 0.2) is 0 Å². The lowest BCUT2D eigenvalue weighted by molar-refractivity contribution is 0.00345. The maximum atomic E-state index is 10.0. The average Bonchev–Trinajstić information content (AvgIpc) is 2.97. The molecule has 0 radical (unpaired) electrons. The standard InChI is InChI=1S/C14H16O4/c1-3-4-11-7-10(8-17-11)13(15)14(16)12-6-5-9(2)18-12/h3,5-8,13-16H,1,4H2,2H3. The van der Waals surface area contributed by atoms with Gasteiger partial charge in [-0.05, 0) is 25.1 Å². The third-order valence-corrected chi connectivity index (χ3v) is 2.71. The Morgan fingerprint density at radius 3 is 2.72 bits per heavy atom. The van der Waals surface area contributed by atoms with Crippen molar-refractivity contribution in [2.24, 2.45) is 0 Å². The number of allylic oxidation sites excluding steroid dienone is 1. The first-order chi connectivity index (χ1) is 8.61. The zero-order valence-corrected chi connectivity index (χ0v) is 10.2. The molecule has 0 bridgehead atoms. The van der Waals surface area contributed by atoms with Crippen molar-refractivity contribution >= 4 is 0 Å². The smallest absolute Gasteiger partial charge is 0.142 e. The molecule has 0 spiro atoms. The van der Waals surface area contributed by atoms with Gasteiger partial charge in [0.1, 0.15) is 29.5 Å². The number of hydrogen-bond acceptors (Lipinski definition) is 4. The van der Waals surface area contributed by atoms with Crippen molar-refractivity contribution < 1.29 is 19.0 Å². The van der Waals surface area contributed by atoms with Crippen molar-refractivity contribution in [3.8, 4) is 0 Å². The van der Waals surface area contributed by atoms with E-state index in [-0.39, 0.29) is 0 Å². The van der Waals surface area contributed by atoms with Crippen molar-refractivity contribution in [2.45, 2.75) is 25.6 Å². The van der Waals surface area contributed by atoms with Crippen molar-refractivity contribution in [1.29, 1.82) is 0 Å². The lowest BCUT2D eigenvalue weighted by atomic mass is 10.1. The molecule has 0 aliphatic rings. The molecule has 0 aromatic carbocycles. The largest absolute Gasteiger partial charge is 0.469 e. The fourth-order valence-electron chi connectivity index (χ4n) is 1.75. The van der Waals surface area contributed by atoms with E-state index in [1.807, 2.05) is 0 Å². The average molecular weight is 248 g/mol. The summed E-state index contributed by atoms with van der Waals surface area (Å²) in [7, 11) is 0. The Kier molecular flexibility index (Phi) is 3.69. The monoisotopic (exact) mass is 248 g/mol. The van der Waals surface area contributed by atoms with Crippen LogP contribution in [0.25, 0.3) is 0 Å². The number of aliphatic hydroxyl groups excluding tert-OH is 2. The van der Waals surface area contributed by atoms with Crippen LogP contribution in [0.15, 0.2) is 46.0 Å². The number of hydrogen-bond donors (Lipinski definition) is 2. The van der Waals surface area contributed by atoms with E-state index in [2.05, 4.69) is 6.58 Å². The normalized spacial score (nSPS) is 14.4. The molecule has 0 fully saturated rings. The zero-order valence-electron chi connectivity index (χ0n) is 10.2. The molecule has 4 nitrogen and oxygen atoms in total. The minimum atomic E-state index is -1.10. The Balaban J connectivity index is 2.14. The first kappa shape index (κ1) is 12.7. The summed E-state index contributed by atoms with van der Waals surface area (Å²) in [4.78, 5) is 0. The fourth-order valence-corrected chi connectivity index (χ4v) is 1.75. The third kappa shape index (κ3) is 2.55. The van der Waals surface area contributed by atoms with Crippen LogP contribution in [0.2, 0.25) is 0 Å². The molecule has 2 N–H and O–H groups in total. The van der Waals surface area contributed by atoms with E-state index >= 15 is 0 Å². The number of aryl methyl sites for hydroxylation is 1. The minimum absolute atomic E-state index is 0.339. The molecule has 0 saturated heterocycles. The molecule has 2 rings (SSSR count). The van der Waals surface area contributed by atoms with Gasteiger partial charge in [-0.2, -0.15) is 0 Å². The molecule has 2 atom stereocenters. The van der Waals surface area contributed by atoms with Crippen LogP contribution in [-0.4, -0.2) is 10.2 Å². The van der Waals surface area contributed by atoms with Gasteiger partial charge in [0.05, 0.1) is 6.26 Å². The third-order valence-electron chi connectivity index (χ3n) is 2.71. The van der Waals surface area contributed by atoms with Crippen LogP contribution < -0.4 is 0 Å². The Bertz CT molecular complexity index is 523. The predicted molar refractivity (Wildman–Crippen MR) is 66.0 cm³/mol. The van der Waals surface area contributed by atoms with E-state index in [0.717, 1.165) is 0 Å². The summed E-state index contributed by atoms with van der Waals surface area (Å²) in [5.74, 6) is 1.73. The zero-order chi connectivity index (χ0) is 13.1. The van der Waals surface area contributed by atoms with Crippen LogP contribution in [0.5, 0.6) is 0 Å². The Morgan fingerprint density at radius 1 is 1.33 bits per heavy atom. The lowest BCUT2D eigenvalue weighted by Crippen LogP contribution is -2.08. The molecule has 2 heterocycles. The van der Waals surface area contributed by atoms with Crippen molar-refractivity contribution in [3.63, 3.8) is 0 Å². The lowest BCUT2D eigenvalue weighted by Gasteiger charge is -2.13. The highest BCUT2D eigenvalue weighted by Gasteiger charge is 2.24. The summed E-state index contributed by atoms with van der Waals surface area (Å²) >= 11 is 0. The van der Waals surface area contributed by atoms with E-state index in [0.29, 0.717) is 29.3 Å². The Morgan fingerprint density at radius 2 is 2.11 bits per heavy atom. The molecular weight excluding hydrogens is 232 g/mol. The molecular formula is C14H16O4. The van der Waals surface area contributed by atoms with Gasteiger partial charge < -0.3 is 19.0 Å². The molecule has 2 unspecified atom stereocenters. The summed E-state index contributed by atoms with van der Waals surface area (Å²) < 4.78 is 10.5. The van der Waals surface area contributed by atoms with E-state index in [4.69, 9.17) is 8.83 Å². The second kappa shape index (κ2) is 5.25. The van der Waals surface area contributed by atoms with Gasteiger partial charge in [-0.15, -0.1) is 6.58 Å². The van der Waals surface area contributed by atoms with E-state index in [1.165, 1.54) is 6.26 Å². The summed E-state index contributed by atoms with van der Waals surface area (Å²) in [6, 6.07) is 5.09. The van der Waals surface area contributed by atoms with Crippen LogP contribution in [-0.2, 0) is 6.42 Å². The van der Waals surface area contributed by atoms with Crippen LogP contribution in [0, 0.1) is 6.92 Å². The fraction of sp³-hybridized carbons (Fsp3) is 0.286. The maximum Gasteiger partial charge on any atom is 0.142 e. The van der Waals surface area contributed by atoms with Crippen molar-refractivity contribution in [1.82, 2.24) is 0 Å². The minimum Gasteiger partial charge on any atom is -0.469 e. The maximum absolute atomic E-state index is 10.0. The van der Waals surface area contributed by atoms with Crippen molar-refractivity contribution in [2.75, 3.05) is 0 Å². The molecule has 0 saturated carbocycles. The first-order valence-corrected chi connectivity index (χ1v) is 5.72. The summed E-state index contributed by atoms with van der Waals surface area (Å²) in [5, 5.41) is 20.0. The van der Waals surface area contributed by atoms with E-state index in [9.17, 15) is 10.2 Å². The molecule has 4 heteroatoms. The van der Waals surface area contributed by atoms with Gasteiger partial charge in [-0.3, -0.25) is 0 Å². The second-order valence-corrected chi connectivity index (χ2v) is 4.18. The Hall–Kier alpha value is -1.78. The summed E-state index contributed by atoms with van der Waals surface area (Å²) in [5.41, 5.74) is 0.522. The SMILES string of the molecule is C=CCc1cc(C(O)C(O)c2ccc(C)o2)co1. The van der Waals surface area contributed by atoms with Crippen LogP contribution >= 0.6 is 0 Å². The highest BCUT2D eigenvalue weighted by atomic mass is 16.4. The topological polar surface area (TPSA) is 66.7 Å². The van der Waals surface area contributed by atoms with Crippen molar-refractivity contribution in [3.05, 3.63) is 60.0 Å². The highest BCUT2D eigenvalue weighted by Crippen LogP contribution is 2.30. The number of rotatable bonds is 5. The van der Waals surface area contributed by atoms with Crippen LogP contribution in [0.4, 0.5) is 0 Å². The molecule has 2 aromatic rings. The van der Waals surface area contributed by atoms with Gasteiger partial charge in [0.2, 0.25) is 0 Å². The van der Waals surface area contributed by atoms with Gasteiger partial charge in [-0.25, -0.2) is 0 Å². The van der Waals surface area contributed by atoms with Gasteiger partial charge in [0, 0.05) is 12.0 Å². The first-order valence-electron chi connectivity index (χ1n) is 5.72. The summed E-state index contributed by atoms with van der Waals surface area (Å²) in [6.07, 6.45) is 1.55. The van der Waals surface area contributed by atoms with E-state index in [1.54, 1.807) is 31.2 Å². The molecule has 0 aliphatic carbocycles. The van der Waals surface area contributed by atoms with Gasteiger partial charge >= 0.3 is 0 Å². The molecule has 0 amide bonds. The molecule has 96 valence electrons. The summed E-state index contributed by atoms with van der Waals surface area (Å²) in [6.45, 7) is 5.39.